The minimum atomic E-state index is -0.709. The van der Waals surface area contributed by atoms with E-state index in [1.165, 1.54) is 17.4 Å². The summed E-state index contributed by atoms with van der Waals surface area (Å²) in [6.07, 6.45) is -0.709. The summed E-state index contributed by atoms with van der Waals surface area (Å²) < 4.78 is 0.965. The van der Waals surface area contributed by atoms with Crippen molar-refractivity contribution in [1.29, 1.82) is 0 Å². The van der Waals surface area contributed by atoms with Gasteiger partial charge in [-0.05, 0) is 18.6 Å². The Hall–Kier alpha value is -1.44. The number of aliphatic hydroxyl groups excluding tert-OH is 1. The first kappa shape index (κ1) is 15.9. The molecule has 0 aliphatic carbocycles. The van der Waals surface area contributed by atoms with Gasteiger partial charge in [-0.15, -0.1) is 11.3 Å². The summed E-state index contributed by atoms with van der Waals surface area (Å²) >= 11 is 4.72. The molecule has 1 N–H and O–H groups in total. The van der Waals surface area contributed by atoms with Gasteiger partial charge in [-0.3, -0.25) is 10.1 Å². The van der Waals surface area contributed by atoms with E-state index in [2.05, 4.69) is 15.9 Å². The highest BCUT2D eigenvalue weighted by atomic mass is 79.9. The van der Waals surface area contributed by atoms with Crippen LogP contribution in [0.15, 0.2) is 34.8 Å². The quantitative estimate of drug-likeness (QED) is 0.635. The summed E-state index contributed by atoms with van der Waals surface area (Å²) in [6, 6.07) is 9.20. The standard InChI is InChI=1S/C14H15BrN2O3S/c1-9(18)13-7-12(17(19)20)14(21-13)16(2)8-10-5-3-4-6-11(10)15/h3-7,9,18H,8H2,1-2H3/t9-/m0/s1. The van der Waals surface area contributed by atoms with Crippen LogP contribution in [0.4, 0.5) is 10.7 Å². The highest BCUT2D eigenvalue weighted by molar-refractivity contribution is 9.10. The van der Waals surface area contributed by atoms with E-state index in [0.29, 0.717) is 16.4 Å². The smallest absolute Gasteiger partial charge is 0.304 e. The first-order chi connectivity index (χ1) is 9.90. The van der Waals surface area contributed by atoms with Crippen LogP contribution >= 0.6 is 27.3 Å². The van der Waals surface area contributed by atoms with Gasteiger partial charge in [0.2, 0.25) is 0 Å². The van der Waals surface area contributed by atoms with E-state index in [9.17, 15) is 15.2 Å². The highest BCUT2D eigenvalue weighted by Gasteiger charge is 2.24. The second-order valence-corrected chi connectivity index (χ2v) is 6.64. The van der Waals surface area contributed by atoms with Gasteiger partial charge in [0.1, 0.15) is 0 Å². The van der Waals surface area contributed by atoms with Gasteiger partial charge in [-0.1, -0.05) is 34.1 Å². The highest BCUT2D eigenvalue weighted by Crippen LogP contribution is 2.40. The van der Waals surface area contributed by atoms with Gasteiger partial charge < -0.3 is 10.0 Å². The SMILES string of the molecule is C[C@H](O)c1cc([N+](=O)[O-])c(N(C)Cc2ccccc2Br)s1. The number of halogens is 1. The molecule has 5 nitrogen and oxygen atoms in total. The summed E-state index contributed by atoms with van der Waals surface area (Å²) in [5, 5.41) is 21.3. The molecule has 0 aliphatic rings. The van der Waals surface area contributed by atoms with Crippen molar-refractivity contribution in [3.63, 3.8) is 0 Å². The Labute approximate surface area is 135 Å². The van der Waals surface area contributed by atoms with Gasteiger partial charge in [0, 0.05) is 29.0 Å². The number of aliphatic hydroxyl groups is 1. The molecule has 0 amide bonds. The zero-order valence-electron chi connectivity index (χ0n) is 11.6. The minimum Gasteiger partial charge on any atom is -0.388 e. The molecule has 0 radical (unpaired) electrons. The van der Waals surface area contributed by atoms with Gasteiger partial charge in [0.25, 0.3) is 0 Å². The fourth-order valence-electron chi connectivity index (χ4n) is 1.95. The monoisotopic (exact) mass is 370 g/mol. The number of thiophene rings is 1. The first-order valence-corrected chi connectivity index (χ1v) is 7.92. The first-order valence-electron chi connectivity index (χ1n) is 6.31. The molecular formula is C14H15BrN2O3S. The van der Waals surface area contributed by atoms with Crippen LogP contribution in [-0.4, -0.2) is 17.1 Å². The Morgan fingerprint density at radius 3 is 2.71 bits per heavy atom. The molecule has 7 heteroatoms. The van der Waals surface area contributed by atoms with Gasteiger partial charge in [-0.25, -0.2) is 0 Å². The maximum atomic E-state index is 11.2. The molecule has 2 rings (SSSR count). The second kappa shape index (κ2) is 6.55. The molecule has 1 heterocycles. The summed E-state index contributed by atoms with van der Waals surface area (Å²) in [5.41, 5.74) is 1.08. The third-order valence-corrected chi connectivity index (χ3v) is 5.22. The van der Waals surface area contributed by atoms with Gasteiger partial charge in [0.05, 0.1) is 11.0 Å². The minimum absolute atomic E-state index is 0.0328. The molecule has 21 heavy (non-hydrogen) atoms. The van der Waals surface area contributed by atoms with Gasteiger partial charge >= 0.3 is 5.69 Å². The van der Waals surface area contributed by atoms with Gasteiger partial charge in [-0.2, -0.15) is 0 Å². The molecule has 2 aromatic rings. The molecule has 0 saturated heterocycles. The average molecular weight is 371 g/mol. The zero-order chi connectivity index (χ0) is 15.6. The van der Waals surface area contributed by atoms with Crippen LogP contribution in [0.1, 0.15) is 23.5 Å². The molecule has 1 aromatic heterocycles. The maximum Gasteiger partial charge on any atom is 0.304 e. The molecule has 0 saturated carbocycles. The van der Waals surface area contributed by atoms with E-state index in [4.69, 9.17) is 0 Å². The van der Waals surface area contributed by atoms with Crippen molar-refractivity contribution in [2.24, 2.45) is 0 Å². The molecule has 0 aliphatic heterocycles. The van der Waals surface area contributed by atoms with E-state index in [1.54, 1.807) is 6.92 Å². The number of benzene rings is 1. The summed E-state index contributed by atoms with van der Waals surface area (Å²) in [5.74, 6) is 0. The van der Waals surface area contributed by atoms with Crippen LogP contribution in [0.5, 0.6) is 0 Å². The normalized spacial score (nSPS) is 12.2. The maximum absolute atomic E-state index is 11.2. The van der Waals surface area contributed by atoms with Crippen LogP contribution in [-0.2, 0) is 6.54 Å². The van der Waals surface area contributed by atoms with Crippen LogP contribution < -0.4 is 4.90 Å². The molecule has 0 bridgehead atoms. The molecule has 1 atom stereocenters. The number of hydrogen-bond acceptors (Lipinski definition) is 5. The van der Waals surface area contributed by atoms with Crippen LogP contribution in [0.2, 0.25) is 0 Å². The van der Waals surface area contributed by atoms with E-state index >= 15 is 0 Å². The van der Waals surface area contributed by atoms with E-state index < -0.39 is 11.0 Å². The number of rotatable bonds is 5. The molecule has 0 unspecified atom stereocenters. The third kappa shape index (κ3) is 3.61. The van der Waals surface area contributed by atoms with Gasteiger partial charge in [0.15, 0.2) is 5.00 Å². The lowest BCUT2D eigenvalue weighted by molar-refractivity contribution is -0.383. The Bertz CT molecular complexity index is 657. The van der Waals surface area contributed by atoms with Crippen LogP contribution in [0.25, 0.3) is 0 Å². The van der Waals surface area contributed by atoms with Crippen molar-refractivity contribution >= 4 is 38.0 Å². The number of nitrogens with zero attached hydrogens (tertiary/aromatic N) is 2. The third-order valence-electron chi connectivity index (χ3n) is 3.03. The fourth-order valence-corrected chi connectivity index (χ4v) is 3.39. The second-order valence-electron chi connectivity index (χ2n) is 4.72. The van der Waals surface area contributed by atoms with E-state index in [1.807, 2.05) is 36.2 Å². The molecule has 1 aromatic carbocycles. The lowest BCUT2D eigenvalue weighted by atomic mass is 10.2. The molecular weight excluding hydrogens is 356 g/mol. The lowest BCUT2D eigenvalue weighted by Crippen LogP contribution is -2.16. The Balaban J connectivity index is 2.32. The lowest BCUT2D eigenvalue weighted by Gasteiger charge is -2.17. The van der Waals surface area contributed by atoms with E-state index in [0.717, 1.165) is 10.0 Å². The van der Waals surface area contributed by atoms with E-state index in [-0.39, 0.29) is 5.69 Å². The predicted molar refractivity (Wildman–Crippen MR) is 87.9 cm³/mol. The van der Waals surface area contributed by atoms with Crippen molar-refractivity contribution in [3.8, 4) is 0 Å². The number of nitro groups is 1. The Morgan fingerprint density at radius 1 is 1.48 bits per heavy atom. The predicted octanol–water partition coefficient (Wildman–Crippen LogP) is 4.11. The molecule has 112 valence electrons. The summed E-state index contributed by atoms with van der Waals surface area (Å²) in [4.78, 5) is 13.2. The Morgan fingerprint density at radius 2 is 2.14 bits per heavy atom. The fraction of sp³-hybridized carbons (Fsp3) is 0.286. The van der Waals surface area contributed by atoms with Crippen LogP contribution in [0, 0.1) is 10.1 Å². The average Bonchev–Trinajstić information content (AvgIpc) is 2.87. The van der Waals surface area contributed by atoms with Crippen molar-refractivity contribution in [2.75, 3.05) is 11.9 Å². The molecule has 0 spiro atoms. The van der Waals surface area contributed by atoms with Crippen molar-refractivity contribution < 1.29 is 10.0 Å². The van der Waals surface area contributed by atoms with Crippen molar-refractivity contribution in [1.82, 2.24) is 0 Å². The largest absolute Gasteiger partial charge is 0.388 e. The summed E-state index contributed by atoms with van der Waals surface area (Å²) in [7, 11) is 1.81. The molecule has 0 fully saturated rings. The van der Waals surface area contributed by atoms with Crippen molar-refractivity contribution in [2.45, 2.75) is 19.6 Å². The topological polar surface area (TPSA) is 66.6 Å². The van der Waals surface area contributed by atoms with Crippen molar-refractivity contribution in [3.05, 3.63) is 55.4 Å². The van der Waals surface area contributed by atoms with Crippen LogP contribution in [0.3, 0.4) is 0 Å². The zero-order valence-corrected chi connectivity index (χ0v) is 14.0. The number of hydrogen-bond donors (Lipinski definition) is 1. The summed E-state index contributed by atoms with van der Waals surface area (Å²) in [6.45, 7) is 2.15. The number of anilines is 1. The Kier molecular flexibility index (Phi) is 4.97.